The molecular formula is C32H38FN3O5S. The van der Waals surface area contributed by atoms with Crippen molar-refractivity contribution in [1.82, 2.24) is 10.2 Å². The fraction of sp³-hybridized carbons (Fsp3) is 0.375. The summed E-state index contributed by atoms with van der Waals surface area (Å²) in [6, 6.07) is 19.4. The summed E-state index contributed by atoms with van der Waals surface area (Å²) in [5.41, 5.74) is 2.01. The standard InChI is InChI=1S/C32H38FN3O5S/c1-23-17-18-30(41-2)28(19-23)36(42(3,39)40)22-31(37)35(21-25-13-7-10-16-27(25)33)29(20-24-11-5-4-6-12-24)32(38)34-26-14-8-9-15-26/h4-7,10-13,16-19,26,29H,8-9,14-15,20-22H2,1-3H3,(H,34,38). The summed E-state index contributed by atoms with van der Waals surface area (Å²) < 4.78 is 47.5. The largest absolute Gasteiger partial charge is 0.495 e. The maximum Gasteiger partial charge on any atom is 0.244 e. The van der Waals surface area contributed by atoms with Crippen LogP contribution in [-0.4, -0.2) is 57.1 Å². The molecular weight excluding hydrogens is 557 g/mol. The molecule has 0 aliphatic heterocycles. The van der Waals surface area contributed by atoms with Gasteiger partial charge in [-0.1, -0.05) is 67.4 Å². The first-order valence-corrected chi connectivity index (χ1v) is 15.9. The Morgan fingerprint density at radius 1 is 1.02 bits per heavy atom. The molecule has 4 rings (SSSR count). The van der Waals surface area contributed by atoms with Crippen LogP contribution in [0.3, 0.4) is 0 Å². The van der Waals surface area contributed by atoms with E-state index in [9.17, 15) is 22.4 Å². The van der Waals surface area contributed by atoms with E-state index in [1.54, 1.807) is 43.3 Å². The van der Waals surface area contributed by atoms with Crippen LogP contribution in [0.2, 0.25) is 0 Å². The van der Waals surface area contributed by atoms with Crippen LogP contribution in [0.4, 0.5) is 10.1 Å². The highest BCUT2D eigenvalue weighted by Gasteiger charge is 2.35. The van der Waals surface area contributed by atoms with Gasteiger partial charge in [0.2, 0.25) is 21.8 Å². The molecule has 224 valence electrons. The SMILES string of the molecule is COc1ccc(C)cc1N(CC(=O)N(Cc1ccccc1F)C(Cc1ccccc1)C(=O)NC1CCCC1)S(C)(=O)=O. The van der Waals surface area contributed by atoms with Gasteiger partial charge < -0.3 is 15.0 Å². The number of amides is 2. The summed E-state index contributed by atoms with van der Waals surface area (Å²) in [6.45, 7) is 0.984. The highest BCUT2D eigenvalue weighted by molar-refractivity contribution is 7.92. The van der Waals surface area contributed by atoms with E-state index in [1.165, 1.54) is 18.1 Å². The summed E-state index contributed by atoms with van der Waals surface area (Å²) >= 11 is 0. The van der Waals surface area contributed by atoms with E-state index in [1.807, 2.05) is 30.3 Å². The zero-order valence-electron chi connectivity index (χ0n) is 24.3. The second kappa shape index (κ2) is 13.8. The van der Waals surface area contributed by atoms with Gasteiger partial charge in [-0.2, -0.15) is 0 Å². The molecule has 1 atom stereocenters. The zero-order valence-corrected chi connectivity index (χ0v) is 25.1. The second-order valence-electron chi connectivity index (χ2n) is 10.8. The molecule has 1 aliphatic carbocycles. The van der Waals surface area contributed by atoms with Gasteiger partial charge in [-0.3, -0.25) is 13.9 Å². The van der Waals surface area contributed by atoms with Crippen molar-refractivity contribution in [3.63, 3.8) is 0 Å². The van der Waals surface area contributed by atoms with Gasteiger partial charge >= 0.3 is 0 Å². The molecule has 0 heterocycles. The second-order valence-corrected chi connectivity index (χ2v) is 12.7. The number of hydrogen-bond acceptors (Lipinski definition) is 5. The van der Waals surface area contributed by atoms with Gasteiger partial charge in [-0.05, 0) is 49.1 Å². The van der Waals surface area contributed by atoms with Crippen LogP contribution in [0.15, 0.2) is 72.8 Å². The van der Waals surface area contributed by atoms with Crippen molar-refractivity contribution in [3.05, 3.63) is 95.3 Å². The minimum atomic E-state index is -3.97. The number of benzene rings is 3. The Hall–Kier alpha value is -3.92. The average molecular weight is 596 g/mol. The first kappa shape index (κ1) is 31.0. The number of nitrogens with one attached hydrogen (secondary N) is 1. The van der Waals surface area contributed by atoms with Crippen LogP contribution in [-0.2, 0) is 32.6 Å². The highest BCUT2D eigenvalue weighted by atomic mass is 32.2. The average Bonchev–Trinajstić information content (AvgIpc) is 3.47. The van der Waals surface area contributed by atoms with Crippen LogP contribution >= 0.6 is 0 Å². The molecule has 8 nitrogen and oxygen atoms in total. The number of aryl methyl sites for hydroxylation is 1. The van der Waals surface area contributed by atoms with E-state index in [0.29, 0.717) is 0 Å². The number of carbonyl (C=O) groups is 2. The van der Waals surface area contributed by atoms with Crippen molar-refractivity contribution in [2.45, 2.75) is 57.7 Å². The Morgan fingerprint density at radius 3 is 2.33 bits per heavy atom. The number of sulfonamides is 1. The number of halogens is 1. The molecule has 42 heavy (non-hydrogen) atoms. The van der Waals surface area contributed by atoms with Gasteiger partial charge in [0, 0.05) is 24.6 Å². The first-order chi connectivity index (χ1) is 20.1. The molecule has 3 aromatic rings. The Kier molecular flexibility index (Phi) is 10.2. The number of carbonyl (C=O) groups excluding carboxylic acids is 2. The van der Waals surface area contributed by atoms with E-state index in [0.717, 1.165) is 47.4 Å². The van der Waals surface area contributed by atoms with Gasteiger partial charge in [0.25, 0.3) is 0 Å². The number of anilines is 1. The minimum Gasteiger partial charge on any atom is -0.495 e. The summed E-state index contributed by atoms with van der Waals surface area (Å²) in [4.78, 5) is 29.4. The third-order valence-corrected chi connectivity index (χ3v) is 8.68. The van der Waals surface area contributed by atoms with E-state index >= 15 is 0 Å². The van der Waals surface area contributed by atoms with Crippen molar-refractivity contribution in [2.75, 3.05) is 24.2 Å². The quantitative estimate of drug-likeness (QED) is 0.330. The zero-order chi connectivity index (χ0) is 30.3. The lowest BCUT2D eigenvalue weighted by Crippen LogP contribution is -2.54. The summed E-state index contributed by atoms with van der Waals surface area (Å²) in [6.07, 6.45) is 4.89. The van der Waals surface area contributed by atoms with Crippen LogP contribution < -0.4 is 14.4 Å². The normalized spacial score (nSPS) is 14.3. The Bertz CT molecular complexity index is 1490. The molecule has 1 saturated carbocycles. The lowest BCUT2D eigenvalue weighted by atomic mass is 10.0. The number of hydrogen-bond donors (Lipinski definition) is 1. The molecule has 1 fully saturated rings. The topological polar surface area (TPSA) is 96.0 Å². The molecule has 0 aromatic heterocycles. The van der Waals surface area contributed by atoms with Crippen LogP contribution in [0.1, 0.15) is 42.4 Å². The lowest BCUT2D eigenvalue weighted by Gasteiger charge is -2.34. The molecule has 0 radical (unpaired) electrons. The number of rotatable bonds is 12. The summed E-state index contributed by atoms with van der Waals surface area (Å²) in [7, 11) is -2.55. The molecule has 1 unspecified atom stereocenters. The van der Waals surface area contributed by atoms with E-state index in [4.69, 9.17) is 4.74 Å². The van der Waals surface area contributed by atoms with Gasteiger partial charge in [0.05, 0.1) is 19.1 Å². The third kappa shape index (κ3) is 7.88. The number of methoxy groups -OCH3 is 1. The van der Waals surface area contributed by atoms with Gasteiger partial charge in [-0.15, -0.1) is 0 Å². The van der Waals surface area contributed by atoms with E-state index in [-0.39, 0.29) is 41.9 Å². The monoisotopic (exact) mass is 595 g/mol. The Balaban J connectivity index is 1.76. The fourth-order valence-corrected chi connectivity index (χ4v) is 6.17. The van der Waals surface area contributed by atoms with Gasteiger partial charge in [-0.25, -0.2) is 12.8 Å². The van der Waals surface area contributed by atoms with Crippen molar-refractivity contribution in [1.29, 1.82) is 0 Å². The predicted octanol–water partition coefficient (Wildman–Crippen LogP) is 4.61. The Morgan fingerprint density at radius 2 is 1.69 bits per heavy atom. The van der Waals surface area contributed by atoms with Crippen molar-refractivity contribution in [3.8, 4) is 5.75 Å². The van der Waals surface area contributed by atoms with Crippen molar-refractivity contribution in [2.24, 2.45) is 0 Å². The molecule has 1 N–H and O–H groups in total. The molecule has 0 spiro atoms. The predicted molar refractivity (Wildman–Crippen MR) is 161 cm³/mol. The van der Waals surface area contributed by atoms with Gasteiger partial charge in [0.1, 0.15) is 24.2 Å². The summed E-state index contributed by atoms with van der Waals surface area (Å²) in [5.74, 6) is -1.24. The molecule has 2 amide bonds. The van der Waals surface area contributed by atoms with Gasteiger partial charge in [0.15, 0.2) is 0 Å². The molecule has 1 aliphatic rings. The molecule has 0 saturated heterocycles. The maximum absolute atomic E-state index is 14.9. The molecule has 3 aromatic carbocycles. The maximum atomic E-state index is 14.9. The van der Waals surface area contributed by atoms with Crippen molar-refractivity contribution >= 4 is 27.5 Å². The fourth-order valence-electron chi connectivity index (χ4n) is 5.32. The molecule has 10 heteroatoms. The molecule has 0 bridgehead atoms. The smallest absolute Gasteiger partial charge is 0.244 e. The number of ether oxygens (including phenoxy) is 1. The number of nitrogens with zero attached hydrogens (tertiary/aromatic N) is 2. The highest BCUT2D eigenvalue weighted by Crippen LogP contribution is 2.31. The van der Waals surface area contributed by atoms with Crippen LogP contribution in [0.25, 0.3) is 0 Å². The van der Waals surface area contributed by atoms with E-state index in [2.05, 4.69) is 5.32 Å². The third-order valence-electron chi connectivity index (χ3n) is 7.55. The van der Waals surface area contributed by atoms with E-state index < -0.39 is 34.3 Å². The minimum absolute atomic E-state index is 0.00902. The van der Waals surface area contributed by atoms with Crippen molar-refractivity contribution < 1.29 is 27.1 Å². The first-order valence-electron chi connectivity index (χ1n) is 14.1. The lowest BCUT2D eigenvalue weighted by molar-refractivity contribution is -0.140. The van der Waals surface area contributed by atoms with Crippen LogP contribution in [0.5, 0.6) is 5.75 Å². The Labute approximate surface area is 247 Å². The summed E-state index contributed by atoms with van der Waals surface area (Å²) in [5, 5.41) is 3.10. The van der Waals surface area contributed by atoms with Crippen LogP contribution in [0, 0.1) is 12.7 Å².